The number of ether oxygens (including phenoxy) is 2. The summed E-state index contributed by atoms with van der Waals surface area (Å²) in [6, 6.07) is 68.3. The van der Waals surface area contributed by atoms with Crippen molar-refractivity contribution in [2.45, 2.75) is 17.6 Å². The number of halogens is 1. The van der Waals surface area contributed by atoms with E-state index in [2.05, 4.69) is 0 Å². The van der Waals surface area contributed by atoms with E-state index in [-0.39, 0.29) is 37.3 Å². The molecule has 0 bridgehead atoms. The molecule has 63 heavy (non-hydrogen) atoms. The van der Waals surface area contributed by atoms with Gasteiger partial charge in [-0.3, -0.25) is 14.4 Å². The lowest BCUT2D eigenvalue weighted by molar-refractivity contribution is 0.0781. The summed E-state index contributed by atoms with van der Waals surface area (Å²) in [6.07, 6.45) is -1.61. The van der Waals surface area contributed by atoms with Gasteiger partial charge in [0.25, 0.3) is 0 Å². The zero-order chi connectivity index (χ0) is 43.5. The van der Waals surface area contributed by atoms with E-state index in [4.69, 9.17) is 31.3 Å². The molecule has 3 atom stereocenters. The number of hydrogen-bond donors (Lipinski definition) is 2. The molecule has 0 fully saturated rings. The molecule has 0 aliphatic rings. The highest BCUT2D eigenvalue weighted by Crippen LogP contribution is 2.31. The van der Waals surface area contributed by atoms with Crippen LogP contribution >= 0.6 is 11.6 Å². The van der Waals surface area contributed by atoms with Crippen molar-refractivity contribution in [1.29, 1.82) is 0 Å². The molecule has 0 saturated heterocycles. The summed E-state index contributed by atoms with van der Waals surface area (Å²) in [5.74, 6) is 1.05. The van der Waals surface area contributed by atoms with Gasteiger partial charge in [-0.1, -0.05) is 182 Å². The SMILES string of the molecule is O=C(c1ccccc1)C(Cl)c1ccccc1.O=C(c1ccccc1)C(Oc1ccc(OC(C(=O)c2ccccc2)c2ccccc2)cc1)c1ccccc1.Oc1ccc(O)cc1.[B]. The monoisotopic (exact) mass is 849 g/mol. The minimum absolute atomic E-state index is 0. The van der Waals surface area contributed by atoms with E-state index in [0.717, 1.165) is 16.7 Å². The molecule has 0 spiro atoms. The van der Waals surface area contributed by atoms with Crippen LogP contribution in [0.4, 0.5) is 0 Å². The molecule has 0 aliphatic carbocycles. The Morgan fingerprint density at radius 2 is 0.603 bits per heavy atom. The van der Waals surface area contributed by atoms with Gasteiger partial charge in [0.05, 0.1) is 0 Å². The van der Waals surface area contributed by atoms with Gasteiger partial charge in [0, 0.05) is 36.2 Å². The molecule has 311 valence electrons. The Bertz CT molecular complexity index is 2450. The van der Waals surface area contributed by atoms with Crippen molar-refractivity contribution < 1.29 is 34.1 Å². The highest BCUT2D eigenvalue weighted by Gasteiger charge is 2.26. The summed E-state index contributed by atoms with van der Waals surface area (Å²) in [5, 5.41) is 16.7. The smallest absolute Gasteiger partial charge is 0.207 e. The number of carbonyl (C=O) groups is 3. The average molecular weight is 850 g/mol. The molecule has 0 saturated carbocycles. The summed E-state index contributed by atoms with van der Waals surface area (Å²) in [4.78, 5) is 38.7. The van der Waals surface area contributed by atoms with Crippen molar-refractivity contribution in [1.82, 2.24) is 0 Å². The minimum atomic E-state index is -0.804. The largest absolute Gasteiger partial charge is 0.508 e. The second-order valence-corrected chi connectivity index (χ2v) is 14.2. The predicted molar refractivity (Wildman–Crippen MR) is 249 cm³/mol. The standard InChI is InChI=1S/C34H26O4.C14H11ClO.C6H6O2.B/c35-31(25-13-5-1-6-14-25)33(27-17-9-3-10-18-27)37-29-21-23-30(24-22-29)38-34(28-19-11-4-12-20-28)32(36)26-15-7-2-8-16-26;15-13(11-7-3-1-4-8-11)14(16)12-9-5-2-6-10-12;7-5-1-2-6(8)4-3-5;/h1-24,33-34H;1-10,13H;1-4,7-8H;. The second kappa shape index (κ2) is 23.9. The van der Waals surface area contributed by atoms with Gasteiger partial charge < -0.3 is 19.7 Å². The van der Waals surface area contributed by atoms with Crippen LogP contribution in [0.25, 0.3) is 0 Å². The maximum Gasteiger partial charge on any atom is 0.207 e. The Morgan fingerprint density at radius 3 is 0.905 bits per heavy atom. The quantitative estimate of drug-likeness (QED) is 0.0514. The lowest BCUT2D eigenvalue weighted by atomic mass is 9.99. The molecule has 3 unspecified atom stereocenters. The molecule has 8 aromatic carbocycles. The maximum atomic E-state index is 13.3. The number of alkyl halides is 1. The van der Waals surface area contributed by atoms with Gasteiger partial charge in [0.2, 0.25) is 11.6 Å². The molecule has 0 aromatic heterocycles. The van der Waals surface area contributed by atoms with E-state index in [1.54, 1.807) is 60.7 Å². The van der Waals surface area contributed by atoms with Crippen LogP contribution in [0.2, 0.25) is 0 Å². The van der Waals surface area contributed by atoms with Gasteiger partial charge >= 0.3 is 0 Å². The zero-order valence-electron chi connectivity index (χ0n) is 34.1. The number of ketones is 3. The Balaban J connectivity index is 0.000000244. The minimum Gasteiger partial charge on any atom is -0.508 e. The third-order valence-corrected chi connectivity index (χ3v) is 9.81. The number of aromatic hydroxyl groups is 2. The predicted octanol–water partition coefficient (Wildman–Crippen LogP) is 12.3. The summed E-state index contributed by atoms with van der Waals surface area (Å²) in [7, 11) is 0. The average Bonchev–Trinajstić information content (AvgIpc) is 3.35. The Labute approximate surface area is 374 Å². The van der Waals surface area contributed by atoms with Crippen molar-refractivity contribution in [3.8, 4) is 23.0 Å². The first-order valence-electron chi connectivity index (χ1n) is 19.7. The lowest BCUT2D eigenvalue weighted by Crippen LogP contribution is -2.20. The Hall–Kier alpha value is -7.68. The summed E-state index contributed by atoms with van der Waals surface area (Å²) in [6.45, 7) is 0. The van der Waals surface area contributed by atoms with E-state index in [0.29, 0.717) is 28.2 Å². The molecule has 2 N–H and O–H groups in total. The topological polar surface area (TPSA) is 110 Å². The highest BCUT2D eigenvalue weighted by atomic mass is 35.5. The zero-order valence-corrected chi connectivity index (χ0v) is 34.8. The molecule has 0 aliphatic heterocycles. The van der Waals surface area contributed by atoms with Gasteiger partial charge in [0.15, 0.2) is 18.0 Å². The van der Waals surface area contributed by atoms with Crippen LogP contribution in [0.5, 0.6) is 23.0 Å². The fourth-order valence-electron chi connectivity index (χ4n) is 6.15. The van der Waals surface area contributed by atoms with Crippen LogP contribution < -0.4 is 9.47 Å². The lowest BCUT2D eigenvalue weighted by Gasteiger charge is -2.20. The first-order chi connectivity index (χ1) is 30.3. The van der Waals surface area contributed by atoms with E-state index in [9.17, 15) is 14.4 Å². The molecule has 8 aromatic rings. The van der Waals surface area contributed by atoms with E-state index < -0.39 is 17.6 Å². The molecule has 8 rings (SSSR count). The normalized spacial score (nSPS) is 11.6. The summed E-state index contributed by atoms with van der Waals surface area (Å²) < 4.78 is 12.4. The molecule has 3 radical (unpaired) electrons. The van der Waals surface area contributed by atoms with E-state index in [1.807, 2.05) is 146 Å². The van der Waals surface area contributed by atoms with Crippen LogP contribution in [0.1, 0.15) is 65.3 Å². The molecular weight excluding hydrogens is 807 g/mol. The first-order valence-corrected chi connectivity index (χ1v) is 20.2. The Kier molecular flexibility index (Phi) is 17.6. The van der Waals surface area contributed by atoms with Crippen LogP contribution in [0.3, 0.4) is 0 Å². The van der Waals surface area contributed by atoms with Gasteiger partial charge in [-0.05, 0) is 54.1 Å². The fraction of sp³-hybridized carbons (Fsp3) is 0.0556. The van der Waals surface area contributed by atoms with Crippen molar-refractivity contribution in [3.05, 3.63) is 264 Å². The van der Waals surface area contributed by atoms with Crippen molar-refractivity contribution in [2.75, 3.05) is 0 Å². The molecule has 7 nitrogen and oxygen atoms in total. The fourth-order valence-corrected chi connectivity index (χ4v) is 6.42. The number of hydrogen-bond acceptors (Lipinski definition) is 7. The molecule has 9 heteroatoms. The van der Waals surface area contributed by atoms with Gasteiger partial charge in [-0.2, -0.15) is 0 Å². The highest BCUT2D eigenvalue weighted by molar-refractivity contribution is 6.33. The van der Waals surface area contributed by atoms with Crippen LogP contribution in [0.15, 0.2) is 231 Å². The number of carbonyl (C=O) groups excluding carboxylic acids is 3. The van der Waals surface area contributed by atoms with E-state index >= 15 is 0 Å². The summed E-state index contributed by atoms with van der Waals surface area (Å²) >= 11 is 6.14. The number of phenols is 2. The number of phenolic OH excluding ortho intramolecular Hbond substituents is 2. The molecule has 0 heterocycles. The van der Waals surface area contributed by atoms with Crippen LogP contribution in [0, 0.1) is 0 Å². The van der Waals surface area contributed by atoms with Crippen molar-refractivity contribution in [3.63, 3.8) is 0 Å². The Morgan fingerprint density at radius 1 is 0.349 bits per heavy atom. The van der Waals surface area contributed by atoms with Crippen molar-refractivity contribution in [2.24, 2.45) is 0 Å². The number of benzene rings is 8. The van der Waals surface area contributed by atoms with E-state index in [1.165, 1.54) is 24.3 Å². The molecular formula is C54H43BClO7. The third-order valence-electron chi connectivity index (χ3n) is 9.36. The summed E-state index contributed by atoms with van der Waals surface area (Å²) in [5.41, 5.74) is 4.15. The molecule has 0 amide bonds. The number of rotatable bonds is 13. The van der Waals surface area contributed by atoms with Gasteiger partial charge in [-0.25, -0.2) is 0 Å². The number of Topliss-reactive ketones (excluding diaryl/α,β-unsaturated/α-hetero) is 3. The first kappa shape index (κ1) is 46.4. The maximum absolute atomic E-state index is 13.3. The van der Waals surface area contributed by atoms with Gasteiger partial charge in [-0.15, -0.1) is 11.6 Å². The second-order valence-electron chi connectivity index (χ2n) is 13.8. The van der Waals surface area contributed by atoms with Crippen molar-refractivity contribution >= 4 is 37.4 Å². The van der Waals surface area contributed by atoms with Crippen LogP contribution in [-0.4, -0.2) is 36.0 Å². The van der Waals surface area contributed by atoms with Crippen LogP contribution in [-0.2, 0) is 0 Å². The van der Waals surface area contributed by atoms with Gasteiger partial charge in [0.1, 0.15) is 28.4 Å². The third kappa shape index (κ3) is 13.7.